The predicted molar refractivity (Wildman–Crippen MR) is 70.6 cm³/mol. The minimum absolute atomic E-state index is 0.0212. The summed E-state index contributed by atoms with van der Waals surface area (Å²) in [5.74, 6) is -0.577. The Balaban J connectivity index is 2.90. The maximum atomic E-state index is 11.6. The Morgan fingerprint density at radius 1 is 1.39 bits per heavy atom. The maximum absolute atomic E-state index is 11.6. The van der Waals surface area contributed by atoms with Crippen molar-refractivity contribution in [3.8, 4) is 6.07 Å². The van der Waals surface area contributed by atoms with Crippen molar-refractivity contribution in [1.29, 1.82) is 5.26 Å². The lowest BCUT2D eigenvalue weighted by molar-refractivity contribution is -0.142. The Hall–Kier alpha value is -2.08. The molecule has 3 nitrogen and oxygen atoms in total. The molecule has 94 valence electrons. The quantitative estimate of drug-likeness (QED) is 0.464. The van der Waals surface area contributed by atoms with Gasteiger partial charge in [-0.3, -0.25) is 0 Å². The highest BCUT2D eigenvalue weighted by Gasteiger charge is 2.12. The Morgan fingerprint density at radius 3 is 2.44 bits per heavy atom. The second kappa shape index (κ2) is 6.61. The molecule has 0 aliphatic rings. The van der Waals surface area contributed by atoms with E-state index < -0.39 is 5.97 Å². The molecule has 1 aromatic carbocycles. The molecule has 0 aliphatic carbocycles. The van der Waals surface area contributed by atoms with Gasteiger partial charge < -0.3 is 4.74 Å². The number of carbonyl (C=O) groups excluding carboxylic acids is 1. The first-order valence-electron chi connectivity index (χ1n) is 5.98. The van der Waals surface area contributed by atoms with Crippen molar-refractivity contribution in [3.63, 3.8) is 0 Å². The average Bonchev–Trinajstić information content (AvgIpc) is 2.35. The first kappa shape index (κ1) is 14.0. The van der Waals surface area contributed by atoms with Gasteiger partial charge >= 0.3 is 5.97 Å². The van der Waals surface area contributed by atoms with Crippen molar-refractivity contribution in [3.05, 3.63) is 41.0 Å². The van der Waals surface area contributed by atoms with E-state index in [0.717, 1.165) is 12.0 Å². The number of aryl methyl sites for hydroxylation is 1. The highest BCUT2D eigenvalue weighted by molar-refractivity contribution is 5.97. The molecule has 0 radical (unpaired) electrons. The van der Waals surface area contributed by atoms with Crippen molar-refractivity contribution < 1.29 is 9.53 Å². The largest absolute Gasteiger partial charge is 0.459 e. The second-order valence-electron chi connectivity index (χ2n) is 4.22. The number of esters is 1. The van der Waals surface area contributed by atoms with Crippen LogP contribution in [0.4, 0.5) is 0 Å². The lowest BCUT2D eigenvalue weighted by Crippen LogP contribution is -2.12. The fourth-order valence-corrected chi connectivity index (χ4v) is 1.43. The zero-order chi connectivity index (χ0) is 13.5. The molecule has 0 saturated carbocycles. The molecule has 0 aromatic heterocycles. The van der Waals surface area contributed by atoms with E-state index in [4.69, 9.17) is 10.00 Å². The van der Waals surface area contributed by atoms with Crippen LogP contribution in [0.15, 0.2) is 29.8 Å². The van der Waals surface area contributed by atoms with Gasteiger partial charge in [0.25, 0.3) is 0 Å². The fraction of sp³-hybridized carbons (Fsp3) is 0.333. The van der Waals surface area contributed by atoms with Crippen molar-refractivity contribution >= 4 is 12.0 Å². The van der Waals surface area contributed by atoms with E-state index in [1.54, 1.807) is 19.9 Å². The fourth-order valence-electron chi connectivity index (χ4n) is 1.43. The van der Waals surface area contributed by atoms with Gasteiger partial charge in [-0.2, -0.15) is 5.26 Å². The molecular weight excluding hydrogens is 226 g/mol. The van der Waals surface area contributed by atoms with Crippen LogP contribution in [0.25, 0.3) is 6.08 Å². The minimum Gasteiger partial charge on any atom is -0.459 e. The molecule has 0 atom stereocenters. The summed E-state index contributed by atoms with van der Waals surface area (Å²) in [5, 5.41) is 8.95. The van der Waals surface area contributed by atoms with E-state index in [2.05, 4.69) is 6.92 Å². The summed E-state index contributed by atoms with van der Waals surface area (Å²) in [6.45, 7) is 5.58. The molecule has 18 heavy (non-hydrogen) atoms. The van der Waals surface area contributed by atoms with Gasteiger partial charge in [0.15, 0.2) is 0 Å². The van der Waals surface area contributed by atoms with E-state index in [0.29, 0.717) is 0 Å². The molecule has 3 heteroatoms. The average molecular weight is 243 g/mol. The number of ether oxygens (including phenoxy) is 1. The smallest absolute Gasteiger partial charge is 0.349 e. The first-order valence-corrected chi connectivity index (χ1v) is 5.98. The van der Waals surface area contributed by atoms with Crippen molar-refractivity contribution in [1.82, 2.24) is 0 Å². The predicted octanol–water partition coefficient (Wildman–Crippen LogP) is 3.11. The summed E-state index contributed by atoms with van der Waals surface area (Å²) in [4.78, 5) is 11.6. The van der Waals surface area contributed by atoms with Crippen molar-refractivity contribution in [2.75, 3.05) is 0 Å². The number of nitriles is 1. The molecule has 0 unspecified atom stereocenters. The van der Waals surface area contributed by atoms with Crippen LogP contribution >= 0.6 is 0 Å². The Morgan fingerprint density at radius 2 is 2.00 bits per heavy atom. The highest BCUT2D eigenvalue weighted by Crippen LogP contribution is 2.11. The molecule has 0 saturated heterocycles. The molecule has 0 aliphatic heterocycles. The molecule has 0 spiro atoms. The van der Waals surface area contributed by atoms with Crippen LogP contribution in [0.2, 0.25) is 0 Å². The summed E-state index contributed by atoms with van der Waals surface area (Å²) in [5.41, 5.74) is 2.06. The summed E-state index contributed by atoms with van der Waals surface area (Å²) in [7, 11) is 0. The van der Waals surface area contributed by atoms with E-state index in [9.17, 15) is 4.79 Å². The van der Waals surface area contributed by atoms with Crippen molar-refractivity contribution in [2.45, 2.75) is 33.3 Å². The van der Waals surface area contributed by atoms with E-state index >= 15 is 0 Å². The molecular formula is C15H17NO2. The van der Waals surface area contributed by atoms with Gasteiger partial charge in [0.1, 0.15) is 11.6 Å². The van der Waals surface area contributed by atoms with Crippen LogP contribution in [0.1, 0.15) is 31.9 Å². The lowest BCUT2D eigenvalue weighted by atomic mass is 10.1. The third kappa shape index (κ3) is 4.06. The third-order valence-corrected chi connectivity index (χ3v) is 2.38. The molecule has 1 aromatic rings. The topological polar surface area (TPSA) is 50.1 Å². The molecule has 0 amide bonds. The standard InChI is InChI=1S/C15H17NO2/c1-4-12-5-7-13(8-6-12)9-14(10-16)15(17)18-11(2)3/h5-9,11H,4H2,1-3H3/b14-9+. The summed E-state index contributed by atoms with van der Waals surface area (Å²) in [6, 6.07) is 9.61. The number of benzene rings is 1. The number of carbonyl (C=O) groups is 1. The van der Waals surface area contributed by atoms with Gasteiger partial charge in [0, 0.05) is 0 Å². The number of hydrogen-bond donors (Lipinski definition) is 0. The summed E-state index contributed by atoms with van der Waals surface area (Å²) < 4.78 is 4.99. The van der Waals surface area contributed by atoms with Crippen molar-refractivity contribution in [2.24, 2.45) is 0 Å². The number of hydrogen-bond acceptors (Lipinski definition) is 3. The minimum atomic E-state index is -0.577. The third-order valence-electron chi connectivity index (χ3n) is 2.38. The lowest BCUT2D eigenvalue weighted by Gasteiger charge is -2.06. The van der Waals surface area contributed by atoms with Crippen LogP contribution in [0, 0.1) is 11.3 Å². The molecule has 0 N–H and O–H groups in total. The molecule has 0 bridgehead atoms. The van der Waals surface area contributed by atoms with Crippen LogP contribution in [-0.2, 0) is 16.0 Å². The van der Waals surface area contributed by atoms with Gasteiger partial charge in [-0.05, 0) is 37.5 Å². The van der Waals surface area contributed by atoms with Crippen LogP contribution < -0.4 is 0 Å². The van der Waals surface area contributed by atoms with Gasteiger partial charge in [0.05, 0.1) is 6.10 Å². The SMILES string of the molecule is CCc1ccc(/C=C(\C#N)C(=O)OC(C)C)cc1. The normalized spacial score (nSPS) is 11.2. The Labute approximate surface area is 108 Å². The maximum Gasteiger partial charge on any atom is 0.349 e. The van der Waals surface area contributed by atoms with Crippen LogP contribution in [0.3, 0.4) is 0 Å². The molecule has 1 rings (SSSR count). The van der Waals surface area contributed by atoms with Crippen LogP contribution in [0.5, 0.6) is 0 Å². The molecule has 0 heterocycles. The molecule has 0 fully saturated rings. The summed E-state index contributed by atoms with van der Waals surface area (Å²) >= 11 is 0. The van der Waals surface area contributed by atoms with Gasteiger partial charge in [-0.15, -0.1) is 0 Å². The van der Waals surface area contributed by atoms with Crippen LogP contribution in [-0.4, -0.2) is 12.1 Å². The Kier molecular flexibility index (Phi) is 5.13. The second-order valence-corrected chi connectivity index (χ2v) is 4.22. The first-order chi connectivity index (χ1) is 8.56. The van der Waals surface area contributed by atoms with Gasteiger partial charge in [-0.25, -0.2) is 4.79 Å². The zero-order valence-electron chi connectivity index (χ0n) is 10.9. The summed E-state index contributed by atoms with van der Waals surface area (Å²) in [6.07, 6.45) is 2.28. The number of rotatable bonds is 4. The van der Waals surface area contributed by atoms with E-state index in [1.807, 2.05) is 30.3 Å². The van der Waals surface area contributed by atoms with Gasteiger partial charge in [-0.1, -0.05) is 31.2 Å². The number of nitrogens with zero attached hydrogens (tertiary/aromatic N) is 1. The highest BCUT2D eigenvalue weighted by atomic mass is 16.5. The van der Waals surface area contributed by atoms with E-state index in [1.165, 1.54) is 5.56 Å². The zero-order valence-corrected chi connectivity index (χ0v) is 10.9. The van der Waals surface area contributed by atoms with Gasteiger partial charge in [0.2, 0.25) is 0 Å². The Bertz CT molecular complexity index is 478. The monoisotopic (exact) mass is 243 g/mol. The van der Waals surface area contributed by atoms with E-state index in [-0.39, 0.29) is 11.7 Å².